The predicted molar refractivity (Wildman–Crippen MR) is 72.6 cm³/mol. The number of halogens is 1. The van der Waals surface area contributed by atoms with Crippen LogP contribution in [0.25, 0.3) is 0 Å². The van der Waals surface area contributed by atoms with Gasteiger partial charge >= 0.3 is 0 Å². The molecule has 0 spiro atoms. The highest BCUT2D eigenvalue weighted by Gasteiger charge is 2.15. The molecule has 0 aliphatic heterocycles. The van der Waals surface area contributed by atoms with Crippen LogP contribution in [-0.4, -0.2) is 13.4 Å². The third-order valence-electron chi connectivity index (χ3n) is 2.74. The minimum absolute atomic E-state index is 0.0109. The topological polar surface area (TPSA) is 85.1 Å². The first-order valence-electron chi connectivity index (χ1n) is 5.90. The minimum Gasteiger partial charge on any atom is -0.326 e. The molecule has 0 unspecified atom stereocenters. The molecule has 0 aliphatic rings. The van der Waals surface area contributed by atoms with Crippen LogP contribution in [0.3, 0.4) is 0 Å². The van der Waals surface area contributed by atoms with Crippen LogP contribution < -0.4 is 10.5 Å². The quantitative estimate of drug-likeness (QED) is 0.866. The van der Waals surface area contributed by atoms with Crippen LogP contribution in [-0.2, 0) is 23.1 Å². The summed E-state index contributed by atoms with van der Waals surface area (Å²) in [5, 5.41) is 0. The summed E-state index contributed by atoms with van der Waals surface area (Å²) in [6.07, 6.45) is 3.17. The van der Waals surface area contributed by atoms with Crippen molar-refractivity contribution in [1.29, 1.82) is 0 Å². The highest BCUT2D eigenvalue weighted by atomic mass is 32.2. The van der Waals surface area contributed by atoms with E-state index < -0.39 is 15.8 Å². The molecule has 20 heavy (non-hydrogen) atoms. The van der Waals surface area contributed by atoms with Crippen molar-refractivity contribution < 1.29 is 12.8 Å². The van der Waals surface area contributed by atoms with Crippen molar-refractivity contribution in [2.45, 2.75) is 18.0 Å². The van der Waals surface area contributed by atoms with Gasteiger partial charge in [-0.1, -0.05) is 6.07 Å². The molecule has 1 aromatic carbocycles. The summed E-state index contributed by atoms with van der Waals surface area (Å²) in [5.41, 5.74) is 6.26. The van der Waals surface area contributed by atoms with Gasteiger partial charge in [-0.2, -0.15) is 0 Å². The lowest BCUT2D eigenvalue weighted by Crippen LogP contribution is -2.23. The lowest BCUT2D eigenvalue weighted by Gasteiger charge is -2.08. The van der Waals surface area contributed by atoms with E-state index in [1.807, 2.05) is 0 Å². The first kappa shape index (κ1) is 14.6. The van der Waals surface area contributed by atoms with Crippen LogP contribution in [0, 0.1) is 5.82 Å². The van der Waals surface area contributed by atoms with Crippen LogP contribution in [0.1, 0.15) is 11.1 Å². The van der Waals surface area contributed by atoms with Crippen LogP contribution in [0.4, 0.5) is 4.39 Å². The van der Waals surface area contributed by atoms with Crippen molar-refractivity contribution in [2.75, 3.05) is 0 Å². The minimum atomic E-state index is -3.71. The zero-order valence-corrected chi connectivity index (χ0v) is 11.4. The van der Waals surface area contributed by atoms with Crippen molar-refractivity contribution in [1.82, 2.24) is 9.71 Å². The van der Waals surface area contributed by atoms with E-state index >= 15 is 0 Å². The highest BCUT2D eigenvalue weighted by molar-refractivity contribution is 7.89. The zero-order valence-electron chi connectivity index (χ0n) is 10.6. The van der Waals surface area contributed by atoms with Crippen molar-refractivity contribution in [3.05, 3.63) is 59.7 Å². The molecule has 0 aliphatic carbocycles. The van der Waals surface area contributed by atoms with Crippen molar-refractivity contribution >= 4 is 10.0 Å². The van der Waals surface area contributed by atoms with Gasteiger partial charge in [0.15, 0.2) is 0 Å². The van der Waals surface area contributed by atoms with E-state index in [9.17, 15) is 12.8 Å². The number of nitrogens with two attached hydrogens (primary N) is 1. The Balaban J connectivity index is 2.18. The summed E-state index contributed by atoms with van der Waals surface area (Å²) in [5.74, 6) is -0.515. The van der Waals surface area contributed by atoms with Gasteiger partial charge in [-0.15, -0.1) is 0 Å². The van der Waals surface area contributed by atoms with Gasteiger partial charge in [0.2, 0.25) is 10.0 Å². The molecule has 1 heterocycles. The van der Waals surface area contributed by atoms with Crippen LogP contribution in [0.5, 0.6) is 0 Å². The maximum Gasteiger partial charge on any atom is 0.240 e. The number of nitrogens with one attached hydrogen (secondary N) is 1. The average Bonchev–Trinajstić information content (AvgIpc) is 2.46. The van der Waals surface area contributed by atoms with Gasteiger partial charge in [-0.25, -0.2) is 17.5 Å². The van der Waals surface area contributed by atoms with Crippen LogP contribution in [0.15, 0.2) is 47.6 Å². The molecular formula is C13H14FN3O2S. The first-order chi connectivity index (χ1) is 9.53. The van der Waals surface area contributed by atoms with Crippen molar-refractivity contribution in [3.8, 4) is 0 Å². The van der Waals surface area contributed by atoms with Gasteiger partial charge in [0.1, 0.15) is 5.82 Å². The molecule has 2 aromatic rings. The third kappa shape index (κ3) is 3.38. The lowest BCUT2D eigenvalue weighted by molar-refractivity contribution is 0.579. The molecule has 0 saturated heterocycles. The van der Waals surface area contributed by atoms with Gasteiger partial charge in [-0.05, 0) is 29.8 Å². The number of benzene rings is 1. The van der Waals surface area contributed by atoms with Crippen molar-refractivity contribution in [3.63, 3.8) is 0 Å². The number of sulfonamides is 1. The normalized spacial score (nSPS) is 11.5. The van der Waals surface area contributed by atoms with Crippen LogP contribution in [0.2, 0.25) is 0 Å². The van der Waals surface area contributed by atoms with Gasteiger partial charge in [0, 0.05) is 31.0 Å². The van der Waals surface area contributed by atoms with E-state index in [4.69, 9.17) is 5.73 Å². The van der Waals surface area contributed by atoms with Gasteiger partial charge in [-0.3, -0.25) is 4.98 Å². The standard InChI is InChI=1S/C13H14FN3O2S/c14-13-4-3-12(6-11(13)7-15)20(18,19)17-9-10-2-1-5-16-8-10/h1-6,8,17H,7,9,15H2. The molecule has 0 amide bonds. The molecular weight excluding hydrogens is 281 g/mol. The smallest absolute Gasteiger partial charge is 0.240 e. The maximum atomic E-state index is 13.3. The second-order valence-corrected chi connectivity index (χ2v) is 5.91. The average molecular weight is 295 g/mol. The van der Waals surface area contributed by atoms with Gasteiger partial charge in [0.05, 0.1) is 4.90 Å². The van der Waals surface area contributed by atoms with Gasteiger partial charge < -0.3 is 5.73 Å². The summed E-state index contributed by atoms with van der Waals surface area (Å²) in [6, 6.07) is 7.02. The second kappa shape index (κ2) is 6.08. The van der Waals surface area contributed by atoms with Crippen LogP contribution >= 0.6 is 0 Å². The molecule has 0 fully saturated rings. The monoisotopic (exact) mass is 295 g/mol. The molecule has 0 saturated carbocycles. The first-order valence-corrected chi connectivity index (χ1v) is 7.38. The van der Waals surface area contributed by atoms with E-state index in [2.05, 4.69) is 9.71 Å². The molecule has 7 heteroatoms. The number of hydrogen-bond acceptors (Lipinski definition) is 4. The number of hydrogen-bond donors (Lipinski definition) is 2. The lowest BCUT2D eigenvalue weighted by atomic mass is 10.2. The summed E-state index contributed by atoms with van der Waals surface area (Å²) < 4.78 is 39.9. The summed E-state index contributed by atoms with van der Waals surface area (Å²) in [7, 11) is -3.71. The Hall–Kier alpha value is -1.83. The second-order valence-electron chi connectivity index (χ2n) is 4.14. The SMILES string of the molecule is NCc1cc(S(=O)(=O)NCc2cccnc2)ccc1F. The Morgan fingerprint density at radius 2 is 2.10 bits per heavy atom. The molecule has 3 N–H and O–H groups in total. The molecule has 0 atom stereocenters. The molecule has 106 valence electrons. The molecule has 2 rings (SSSR count). The largest absolute Gasteiger partial charge is 0.326 e. The molecule has 0 bridgehead atoms. The summed E-state index contributed by atoms with van der Waals surface area (Å²) in [4.78, 5) is 3.89. The van der Waals surface area contributed by atoms with E-state index in [1.54, 1.807) is 24.5 Å². The Morgan fingerprint density at radius 3 is 2.75 bits per heavy atom. The fourth-order valence-electron chi connectivity index (χ4n) is 1.64. The Bertz CT molecular complexity index is 690. The fourth-order valence-corrected chi connectivity index (χ4v) is 2.71. The van der Waals surface area contributed by atoms with E-state index in [1.165, 1.54) is 12.1 Å². The number of nitrogens with zero attached hydrogens (tertiary/aromatic N) is 1. The number of aromatic nitrogens is 1. The highest BCUT2D eigenvalue weighted by Crippen LogP contribution is 2.15. The number of rotatable bonds is 5. The zero-order chi connectivity index (χ0) is 14.6. The summed E-state index contributed by atoms with van der Waals surface area (Å²) >= 11 is 0. The summed E-state index contributed by atoms with van der Waals surface area (Å²) in [6.45, 7) is 0.0588. The van der Waals surface area contributed by atoms with Gasteiger partial charge in [0.25, 0.3) is 0 Å². The molecule has 5 nitrogen and oxygen atoms in total. The Kier molecular flexibility index (Phi) is 4.43. The van der Waals surface area contributed by atoms with Crippen molar-refractivity contribution in [2.24, 2.45) is 5.73 Å². The van der Waals surface area contributed by atoms with E-state index in [-0.39, 0.29) is 23.5 Å². The number of pyridine rings is 1. The predicted octanol–water partition coefficient (Wildman–Crippen LogP) is 1.16. The van der Waals surface area contributed by atoms with E-state index in [0.717, 1.165) is 11.6 Å². The molecule has 1 aromatic heterocycles. The van der Waals surface area contributed by atoms with E-state index in [0.29, 0.717) is 0 Å². The maximum absolute atomic E-state index is 13.3. The third-order valence-corrected chi connectivity index (χ3v) is 4.14. The Morgan fingerprint density at radius 1 is 1.30 bits per heavy atom. The fraction of sp³-hybridized carbons (Fsp3) is 0.154. The Labute approximate surface area is 116 Å². The molecule has 0 radical (unpaired) electrons.